The van der Waals surface area contributed by atoms with Crippen LogP contribution in [0.5, 0.6) is 0 Å². The van der Waals surface area contributed by atoms with Crippen molar-refractivity contribution in [1.82, 2.24) is 10.6 Å². The van der Waals surface area contributed by atoms with Gasteiger partial charge in [-0.2, -0.15) is 13.2 Å². The summed E-state index contributed by atoms with van der Waals surface area (Å²) in [6, 6.07) is 7.78. The zero-order valence-electron chi connectivity index (χ0n) is 14.3. The lowest BCUT2D eigenvalue weighted by Crippen LogP contribution is -2.35. The van der Waals surface area contributed by atoms with E-state index in [1.165, 1.54) is 18.2 Å². The molecule has 148 valence electrons. The second-order valence-electron chi connectivity index (χ2n) is 6.44. The maximum Gasteiger partial charge on any atom is 0.419 e. The van der Waals surface area contributed by atoms with Crippen LogP contribution in [-0.4, -0.2) is 18.4 Å². The van der Waals surface area contributed by atoms with Crippen molar-refractivity contribution in [1.29, 1.82) is 0 Å². The highest BCUT2D eigenvalue weighted by molar-refractivity contribution is 6.30. The molecule has 1 saturated heterocycles. The molecule has 9 heteroatoms. The molecular weight excluding hydrogens is 400 g/mol. The Bertz CT molecular complexity index is 900. The van der Waals surface area contributed by atoms with E-state index >= 15 is 0 Å². The monoisotopic (exact) mass is 414 g/mol. The van der Waals surface area contributed by atoms with Crippen LogP contribution in [0.15, 0.2) is 42.5 Å². The van der Waals surface area contributed by atoms with Gasteiger partial charge >= 0.3 is 6.18 Å². The molecule has 0 bridgehead atoms. The standard InChI is InChI=1S/C19H15ClF4N2O2/c20-13-4-1-10(2-5-13)17(26-18(28)12-8-16(27)25-9-12)11-3-6-15(21)14(7-11)19(22,23)24/h1-7,12,17H,8-9H2,(H,25,27)(H,26,28)/t12-,17-/m0/s1. The van der Waals surface area contributed by atoms with Crippen LogP contribution in [0, 0.1) is 11.7 Å². The molecule has 0 radical (unpaired) electrons. The fourth-order valence-corrected chi connectivity index (χ4v) is 3.13. The van der Waals surface area contributed by atoms with Gasteiger partial charge in [-0.3, -0.25) is 9.59 Å². The first kappa shape index (κ1) is 20.1. The van der Waals surface area contributed by atoms with Gasteiger partial charge in [0.2, 0.25) is 11.8 Å². The normalized spacial score (nSPS) is 17.9. The predicted octanol–water partition coefficient (Wildman–Crippen LogP) is 3.84. The maximum absolute atomic E-state index is 13.7. The lowest BCUT2D eigenvalue weighted by Gasteiger charge is -2.23. The Balaban J connectivity index is 1.98. The highest BCUT2D eigenvalue weighted by Crippen LogP contribution is 2.34. The van der Waals surface area contributed by atoms with Gasteiger partial charge in [-0.15, -0.1) is 0 Å². The molecule has 1 aliphatic heterocycles. The molecule has 2 atom stereocenters. The van der Waals surface area contributed by atoms with Crippen molar-refractivity contribution in [2.24, 2.45) is 5.92 Å². The first-order valence-corrected chi connectivity index (χ1v) is 8.72. The topological polar surface area (TPSA) is 58.2 Å². The third-order valence-electron chi connectivity index (χ3n) is 4.47. The second kappa shape index (κ2) is 7.79. The molecule has 3 rings (SSSR count). The van der Waals surface area contributed by atoms with Crippen molar-refractivity contribution < 1.29 is 27.2 Å². The van der Waals surface area contributed by atoms with Gasteiger partial charge in [0.05, 0.1) is 17.5 Å². The molecule has 4 nitrogen and oxygen atoms in total. The summed E-state index contributed by atoms with van der Waals surface area (Å²) in [5.41, 5.74) is -0.896. The minimum absolute atomic E-state index is 0.00358. The van der Waals surface area contributed by atoms with E-state index in [9.17, 15) is 27.2 Å². The number of alkyl halides is 3. The Kier molecular flexibility index (Phi) is 5.60. The summed E-state index contributed by atoms with van der Waals surface area (Å²) in [4.78, 5) is 23.9. The van der Waals surface area contributed by atoms with E-state index in [-0.39, 0.29) is 24.4 Å². The maximum atomic E-state index is 13.7. The van der Waals surface area contributed by atoms with Gasteiger partial charge in [0.15, 0.2) is 0 Å². The number of carbonyl (C=O) groups excluding carboxylic acids is 2. The Morgan fingerprint density at radius 3 is 2.36 bits per heavy atom. The molecule has 1 aliphatic rings. The summed E-state index contributed by atoms with van der Waals surface area (Å²) in [7, 11) is 0. The lowest BCUT2D eigenvalue weighted by molar-refractivity contribution is -0.140. The molecule has 28 heavy (non-hydrogen) atoms. The third-order valence-corrected chi connectivity index (χ3v) is 4.72. The highest BCUT2D eigenvalue weighted by Gasteiger charge is 2.35. The van der Waals surface area contributed by atoms with Crippen molar-refractivity contribution in [3.8, 4) is 0 Å². The van der Waals surface area contributed by atoms with Crippen LogP contribution in [0.3, 0.4) is 0 Å². The summed E-state index contributed by atoms with van der Waals surface area (Å²) in [6.07, 6.45) is -4.88. The van der Waals surface area contributed by atoms with Gasteiger partial charge in [0, 0.05) is 18.0 Å². The van der Waals surface area contributed by atoms with Crippen molar-refractivity contribution in [3.63, 3.8) is 0 Å². The minimum atomic E-state index is -4.88. The number of amides is 2. The first-order valence-electron chi connectivity index (χ1n) is 8.34. The first-order chi connectivity index (χ1) is 13.1. The van der Waals surface area contributed by atoms with E-state index in [1.807, 2.05) is 0 Å². The molecule has 1 fully saturated rings. The van der Waals surface area contributed by atoms with Crippen LogP contribution in [0.4, 0.5) is 17.6 Å². The summed E-state index contributed by atoms with van der Waals surface area (Å²) in [5.74, 6) is -2.80. The minimum Gasteiger partial charge on any atom is -0.355 e. The Labute approximate surface area is 162 Å². The van der Waals surface area contributed by atoms with E-state index in [1.54, 1.807) is 12.1 Å². The zero-order valence-corrected chi connectivity index (χ0v) is 15.1. The molecule has 0 aromatic heterocycles. The van der Waals surface area contributed by atoms with E-state index in [4.69, 9.17) is 11.6 Å². The third kappa shape index (κ3) is 4.44. The van der Waals surface area contributed by atoms with E-state index < -0.39 is 35.4 Å². The van der Waals surface area contributed by atoms with Crippen molar-refractivity contribution in [2.45, 2.75) is 18.6 Å². The molecule has 2 aromatic carbocycles. The quantitative estimate of drug-likeness (QED) is 0.747. The zero-order chi connectivity index (χ0) is 20.5. The van der Waals surface area contributed by atoms with Gasteiger partial charge in [-0.05, 0) is 35.4 Å². The van der Waals surface area contributed by atoms with Gasteiger partial charge < -0.3 is 10.6 Å². The van der Waals surface area contributed by atoms with E-state index in [2.05, 4.69) is 10.6 Å². The van der Waals surface area contributed by atoms with Gasteiger partial charge in [-0.25, -0.2) is 4.39 Å². The second-order valence-corrected chi connectivity index (χ2v) is 6.87. The van der Waals surface area contributed by atoms with Crippen molar-refractivity contribution >= 4 is 23.4 Å². The Morgan fingerprint density at radius 1 is 1.14 bits per heavy atom. The molecule has 2 amide bonds. The van der Waals surface area contributed by atoms with Crippen LogP contribution < -0.4 is 10.6 Å². The van der Waals surface area contributed by atoms with Crippen LogP contribution >= 0.6 is 11.6 Å². The van der Waals surface area contributed by atoms with Crippen LogP contribution in [0.25, 0.3) is 0 Å². The highest BCUT2D eigenvalue weighted by atomic mass is 35.5. The van der Waals surface area contributed by atoms with E-state index in [0.717, 1.165) is 0 Å². The Morgan fingerprint density at radius 2 is 1.79 bits per heavy atom. The van der Waals surface area contributed by atoms with Gasteiger partial charge in [0.25, 0.3) is 0 Å². The molecule has 0 spiro atoms. The van der Waals surface area contributed by atoms with Gasteiger partial charge in [0.1, 0.15) is 5.82 Å². The fraction of sp³-hybridized carbons (Fsp3) is 0.263. The number of carbonyl (C=O) groups is 2. The Hall–Kier alpha value is -2.61. The summed E-state index contributed by atoms with van der Waals surface area (Å²) in [5, 5.41) is 5.61. The number of rotatable bonds is 4. The average molecular weight is 415 g/mol. The van der Waals surface area contributed by atoms with Crippen LogP contribution in [0.2, 0.25) is 5.02 Å². The summed E-state index contributed by atoms with van der Waals surface area (Å²) < 4.78 is 53.0. The molecule has 0 saturated carbocycles. The largest absolute Gasteiger partial charge is 0.419 e. The molecule has 1 heterocycles. The summed E-state index contributed by atoms with van der Waals surface area (Å²) in [6.45, 7) is 0.148. The predicted molar refractivity (Wildman–Crippen MR) is 94.0 cm³/mol. The molecule has 2 aromatic rings. The number of hydrogen-bond acceptors (Lipinski definition) is 2. The lowest BCUT2D eigenvalue weighted by atomic mass is 9.95. The SMILES string of the molecule is O=C1C[C@H](C(=O)N[C@@H](c2ccc(Cl)cc2)c2ccc(F)c(C(F)(F)F)c2)CN1. The van der Waals surface area contributed by atoms with Crippen LogP contribution in [-0.2, 0) is 15.8 Å². The van der Waals surface area contributed by atoms with Gasteiger partial charge in [-0.1, -0.05) is 29.8 Å². The van der Waals surface area contributed by atoms with Crippen molar-refractivity contribution in [2.75, 3.05) is 6.54 Å². The smallest absolute Gasteiger partial charge is 0.355 e. The fourth-order valence-electron chi connectivity index (χ4n) is 3.00. The number of halogens is 5. The van der Waals surface area contributed by atoms with E-state index in [0.29, 0.717) is 22.7 Å². The van der Waals surface area contributed by atoms with Crippen LogP contribution in [0.1, 0.15) is 29.2 Å². The molecule has 0 aliphatic carbocycles. The van der Waals surface area contributed by atoms with Crippen molar-refractivity contribution in [3.05, 3.63) is 70.0 Å². The molecule has 0 unspecified atom stereocenters. The molecule has 2 N–H and O–H groups in total. The number of hydrogen-bond donors (Lipinski definition) is 2. The average Bonchev–Trinajstić information content (AvgIpc) is 3.07. The molecular formula is C19H15ClF4N2O2. The summed E-state index contributed by atoms with van der Waals surface area (Å²) >= 11 is 5.86. The number of benzene rings is 2. The number of nitrogens with one attached hydrogen (secondary N) is 2.